The van der Waals surface area contributed by atoms with Crippen LogP contribution in [-0.2, 0) is 9.59 Å². The Bertz CT molecular complexity index is 792. The van der Waals surface area contributed by atoms with Crippen LogP contribution < -0.4 is 5.32 Å². The van der Waals surface area contributed by atoms with E-state index in [1.165, 1.54) is 17.0 Å². The van der Waals surface area contributed by atoms with Gasteiger partial charge in [-0.15, -0.1) is 0 Å². The summed E-state index contributed by atoms with van der Waals surface area (Å²) < 4.78 is 13.6. The van der Waals surface area contributed by atoms with E-state index in [1.54, 1.807) is 31.4 Å². The Hall–Kier alpha value is -2.76. The molecule has 0 aliphatic carbocycles. The largest absolute Gasteiger partial charge is 0.338 e. The monoisotopic (exact) mass is 341 g/mol. The van der Waals surface area contributed by atoms with E-state index >= 15 is 0 Å². The van der Waals surface area contributed by atoms with Gasteiger partial charge in [0.25, 0.3) is 0 Å². The van der Waals surface area contributed by atoms with Crippen LogP contribution in [0.2, 0.25) is 0 Å². The third kappa shape index (κ3) is 3.68. The molecule has 1 aromatic heterocycles. The van der Waals surface area contributed by atoms with Crippen LogP contribution in [0.3, 0.4) is 0 Å². The number of rotatable bonds is 3. The van der Waals surface area contributed by atoms with E-state index in [2.05, 4.69) is 10.3 Å². The van der Waals surface area contributed by atoms with Crippen LogP contribution >= 0.6 is 0 Å². The first kappa shape index (κ1) is 17.1. The zero-order chi connectivity index (χ0) is 18.0. The number of piperidine rings is 1. The number of likely N-dealkylation sites (tertiary alicyclic amines) is 1. The van der Waals surface area contributed by atoms with Gasteiger partial charge in [0, 0.05) is 19.7 Å². The molecular formula is C19H20FN3O2. The average Bonchev–Trinajstić information content (AvgIpc) is 2.59. The maximum Gasteiger partial charge on any atom is 0.231 e. The standard InChI is InChI=1S/C19H20FN3O2/c1-12-6-8-16(21-11-12)22-19(25)15-7-9-17(24)23(2)18(15)13-4-3-5-14(20)10-13/h3-6,8,10-11,15,18H,7,9H2,1-2H3,(H,21,22,25)/t15-,18-/m1/s1. The Labute approximate surface area is 145 Å². The summed E-state index contributed by atoms with van der Waals surface area (Å²) in [7, 11) is 1.65. The van der Waals surface area contributed by atoms with Crippen LogP contribution in [0, 0.1) is 18.7 Å². The summed E-state index contributed by atoms with van der Waals surface area (Å²) in [6, 6.07) is 9.17. The first-order chi connectivity index (χ1) is 12.0. The Morgan fingerprint density at radius 1 is 1.32 bits per heavy atom. The van der Waals surface area contributed by atoms with E-state index in [0.29, 0.717) is 24.2 Å². The van der Waals surface area contributed by atoms with Crippen molar-refractivity contribution in [3.8, 4) is 0 Å². The number of aromatic nitrogens is 1. The van der Waals surface area contributed by atoms with Crippen molar-refractivity contribution in [2.75, 3.05) is 12.4 Å². The van der Waals surface area contributed by atoms with Crippen molar-refractivity contribution >= 4 is 17.6 Å². The fourth-order valence-corrected chi connectivity index (χ4v) is 3.22. The lowest BCUT2D eigenvalue weighted by Gasteiger charge is -2.38. The van der Waals surface area contributed by atoms with Crippen LogP contribution in [0.5, 0.6) is 0 Å². The van der Waals surface area contributed by atoms with Gasteiger partial charge in [-0.3, -0.25) is 9.59 Å². The molecule has 0 unspecified atom stereocenters. The van der Waals surface area contributed by atoms with Crippen molar-refractivity contribution in [1.29, 1.82) is 0 Å². The predicted molar refractivity (Wildman–Crippen MR) is 92.2 cm³/mol. The van der Waals surface area contributed by atoms with Crippen LogP contribution in [-0.4, -0.2) is 28.7 Å². The molecule has 5 nitrogen and oxygen atoms in total. The average molecular weight is 341 g/mol. The van der Waals surface area contributed by atoms with Gasteiger partial charge in [-0.05, 0) is 42.7 Å². The summed E-state index contributed by atoms with van der Waals surface area (Å²) in [6.07, 6.45) is 2.39. The number of pyridine rings is 1. The van der Waals surface area contributed by atoms with Crippen molar-refractivity contribution in [1.82, 2.24) is 9.88 Å². The third-order valence-corrected chi connectivity index (χ3v) is 4.55. The molecule has 0 radical (unpaired) electrons. The summed E-state index contributed by atoms with van der Waals surface area (Å²) in [4.78, 5) is 30.6. The zero-order valence-corrected chi connectivity index (χ0v) is 14.2. The number of amides is 2. The van der Waals surface area contributed by atoms with E-state index < -0.39 is 12.0 Å². The molecule has 25 heavy (non-hydrogen) atoms. The van der Waals surface area contributed by atoms with E-state index in [0.717, 1.165) is 5.56 Å². The molecule has 1 aromatic carbocycles. The minimum absolute atomic E-state index is 0.0493. The lowest BCUT2D eigenvalue weighted by molar-refractivity contribution is -0.140. The number of nitrogens with zero attached hydrogens (tertiary/aromatic N) is 2. The quantitative estimate of drug-likeness (QED) is 0.933. The molecule has 130 valence electrons. The smallest absolute Gasteiger partial charge is 0.231 e. The first-order valence-corrected chi connectivity index (χ1v) is 8.20. The SMILES string of the molecule is Cc1ccc(NC(=O)[C@@H]2CCC(=O)N(C)[C@@H]2c2cccc(F)c2)nc1. The van der Waals surface area contributed by atoms with E-state index in [9.17, 15) is 14.0 Å². The highest BCUT2D eigenvalue weighted by Crippen LogP contribution is 2.36. The molecule has 1 aliphatic heterocycles. The predicted octanol–water partition coefficient (Wildman–Crippen LogP) is 3.08. The molecule has 0 spiro atoms. The van der Waals surface area contributed by atoms with Crippen LogP contribution in [0.25, 0.3) is 0 Å². The Kier molecular flexibility index (Phi) is 4.79. The number of anilines is 1. The van der Waals surface area contributed by atoms with Crippen molar-refractivity contribution < 1.29 is 14.0 Å². The lowest BCUT2D eigenvalue weighted by atomic mass is 9.84. The normalized spacial score (nSPS) is 20.4. The minimum Gasteiger partial charge on any atom is -0.338 e. The van der Waals surface area contributed by atoms with E-state index in [-0.39, 0.29) is 17.6 Å². The third-order valence-electron chi connectivity index (χ3n) is 4.55. The molecule has 1 N–H and O–H groups in total. The number of aryl methyl sites for hydroxylation is 1. The van der Waals surface area contributed by atoms with E-state index in [1.807, 2.05) is 13.0 Å². The number of carbonyl (C=O) groups is 2. The second-order valence-corrected chi connectivity index (χ2v) is 6.36. The fraction of sp³-hybridized carbons (Fsp3) is 0.316. The van der Waals surface area contributed by atoms with Gasteiger partial charge in [-0.2, -0.15) is 0 Å². The molecular weight excluding hydrogens is 321 g/mol. The molecule has 2 heterocycles. The van der Waals surface area contributed by atoms with Gasteiger partial charge >= 0.3 is 0 Å². The summed E-state index contributed by atoms with van der Waals surface area (Å²) in [6.45, 7) is 1.92. The van der Waals surface area contributed by atoms with Crippen LogP contribution in [0.15, 0.2) is 42.6 Å². The summed E-state index contributed by atoms with van der Waals surface area (Å²) in [5.74, 6) is -0.652. The molecule has 2 aromatic rings. The maximum absolute atomic E-state index is 13.6. The molecule has 6 heteroatoms. The topological polar surface area (TPSA) is 62.3 Å². The van der Waals surface area contributed by atoms with Crippen molar-refractivity contribution in [3.63, 3.8) is 0 Å². The second kappa shape index (κ2) is 7.01. The van der Waals surface area contributed by atoms with Crippen molar-refractivity contribution in [3.05, 3.63) is 59.5 Å². The highest BCUT2D eigenvalue weighted by molar-refractivity contribution is 5.94. The van der Waals surface area contributed by atoms with Crippen molar-refractivity contribution in [2.24, 2.45) is 5.92 Å². The highest BCUT2D eigenvalue weighted by atomic mass is 19.1. The van der Waals surface area contributed by atoms with Gasteiger partial charge in [0.2, 0.25) is 11.8 Å². The number of nitrogens with one attached hydrogen (secondary N) is 1. The molecule has 0 saturated carbocycles. The Morgan fingerprint density at radius 2 is 2.12 bits per heavy atom. The zero-order valence-electron chi connectivity index (χ0n) is 14.2. The van der Waals surface area contributed by atoms with E-state index in [4.69, 9.17) is 0 Å². The molecule has 1 aliphatic rings. The van der Waals surface area contributed by atoms with Gasteiger partial charge in [0.15, 0.2) is 0 Å². The molecule has 2 amide bonds. The number of carbonyl (C=O) groups excluding carboxylic acids is 2. The molecule has 1 fully saturated rings. The molecule has 0 bridgehead atoms. The number of hydrogen-bond acceptors (Lipinski definition) is 3. The van der Waals surface area contributed by atoms with Crippen molar-refractivity contribution in [2.45, 2.75) is 25.8 Å². The molecule has 3 rings (SSSR count). The van der Waals surface area contributed by atoms with Gasteiger partial charge in [0.05, 0.1) is 12.0 Å². The number of halogens is 1. The maximum atomic E-state index is 13.6. The first-order valence-electron chi connectivity index (χ1n) is 8.20. The Balaban J connectivity index is 1.87. The van der Waals surface area contributed by atoms with Gasteiger partial charge in [0.1, 0.15) is 11.6 Å². The summed E-state index contributed by atoms with van der Waals surface area (Å²) >= 11 is 0. The number of hydrogen-bond donors (Lipinski definition) is 1. The van der Waals surface area contributed by atoms with Gasteiger partial charge in [-0.1, -0.05) is 18.2 Å². The van der Waals surface area contributed by atoms with Crippen LogP contribution in [0.1, 0.15) is 30.0 Å². The minimum atomic E-state index is -0.498. The van der Waals surface area contributed by atoms with Gasteiger partial charge < -0.3 is 10.2 Å². The lowest BCUT2D eigenvalue weighted by Crippen LogP contribution is -2.44. The number of benzene rings is 1. The summed E-state index contributed by atoms with van der Waals surface area (Å²) in [5.41, 5.74) is 1.62. The van der Waals surface area contributed by atoms with Gasteiger partial charge in [-0.25, -0.2) is 9.37 Å². The Morgan fingerprint density at radius 3 is 2.80 bits per heavy atom. The van der Waals surface area contributed by atoms with Crippen LogP contribution in [0.4, 0.5) is 10.2 Å². The fourth-order valence-electron chi connectivity index (χ4n) is 3.22. The summed E-state index contributed by atoms with van der Waals surface area (Å²) in [5, 5.41) is 2.81. The molecule has 2 atom stereocenters. The molecule has 1 saturated heterocycles. The highest BCUT2D eigenvalue weighted by Gasteiger charge is 2.39. The second-order valence-electron chi connectivity index (χ2n) is 6.36.